The first-order valence-corrected chi connectivity index (χ1v) is 7.66. The van der Waals surface area contributed by atoms with Crippen LogP contribution in [0.5, 0.6) is 0 Å². The zero-order valence-electron chi connectivity index (χ0n) is 12.0. The molecule has 1 amide bonds. The molecule has 4 heteroatoms. The fourth-order valence-electron chi connectivity index (χ4n) is 2.97. The van der Waals surface area contributed by atoms with Gasteiger partial charge in [-0.3, -0.25) is 4.79 Å². The number of hydrazone groups is 1. The summed E-state index contributed by atoms with van der Waals surface area (Å²) in [6, 6.07) is 3.93. The number of nitrogens with zero attached hydrogens (tertiary/aromatic N) is 1. The summed E-state index contributed by atoms with van der Waals surface area (Å²) in [7, 11) is 0. The molecule has 1 heterocycles. The van der Waals surface area contributed by atoms with E-state index in [0.29, 0.717) is 11.7 Å². The summed E-state index contributed by atoms with van der Waals surface area (Å²) in [6.45, 7) is 2.23. The monoisotopic (exact) mass is 274 g/mol. The Hall–Kier alpha value is -1.58. The van der Waals surface area contributed by atoms with E-state index in [2.05, 4.69) is 17.5 Å². The molecule has 1 aromatic rings. The van der Waals surface area contributed by atoms with Crippen LogP contribution in [-0.2, 0) is 4.79 Å². The average molecular weight is 274 g/mol. The average Bonchev–Trinajstić information content (AvgIpc) is 3.01. The maximum atomic E-state index is 11.9. The van der Waals surface area contributed by atoms with Crippen molar-refractivity contribution >= 4 is 12.1 Å². The molecule has 1 N–H and O–H groups in total. The van der Waals surface area contributed by atoms with Gasteiger partial charge in [0.15, 0.2) is 0 Å². The number of hydrogen-bond donors (Lipinski definition) is 1. The molecule has 108 valence electrons. The van der Waals surface area contributed by atoms with Crippen LogP contribution in [0, 0.1) is 11.8 Å². The van der Waals surface area contributed by atoms with Crippen LogP contribution in [0.4, 0.5) is 0 Å². The second-order valence-electron chi connectivity index (χ2n) is 6.13. The van der Waals surface area contributed by atoms with Gasteiger partial charge in [0.1, 0.15) is 11.5 Å². The van der Waals surface area contributed by atoms with Crippen molar-refractivity contribution in [3.8, 4) is 0 Å². The van der Waals surface area contributed by atoms with Crippen molar-refractivity contribution in [3.63, 3.8) is 0 Å². The minimum atomic E-state index is 0.0449. The number of amides is 1. The largest absolute Gasteiger partial charge is 0.460 e. The molecule has 20 heavy (non-hydrogen) atoms. The van der Waals surface area contributed by atoms with E-state index in [1.165, 1.54) is 12.8 Å². The van der Waals surface area contributed by atoms with E-state index in [1.54, 1.807) is 6.21 Å². The molecule has 2 aliphatic rings. The van der Waals surface area contributed by atoms with Crippen LogP contribution in [0.1, 0.15) is 62.9 Å². The van der Waals surface area contributed by atoms with Gasteiger partial charge in [-0.25, -0.2) is 5.43 Å². The molecule has 0 aliphatic heterocycles. The van der Waals surface area contributed by atoms with Crippen LogP contribution in [0.2, 0.25) is 0 Å². The number of hydrogen-bond acceptors (Lipinski definition) is 3. The smallest absolute Gasteiger partial charge is 0.243 e. The Kier molecular flexibility index (Phi) is 3.90. The Morgan fingerprint density at radius 3 is 2.80 bits per heavy atom. The Morgan fingerprint density at radius 2 is 2.10 bits per heavy atom. The van der Waals surface area contributed by atoms with Crippen LogP contribution in [0.15, 0.2) is 21.7 Å². The second-order valence-corrected chi connectivity index (χ2v) is 6.13. The predicted molar refractivity (Wildman–Crippen MR) is 77.5 cm³/mol. The van der Waals surface area contributed by atoms with Crippen LogP contribution >= 0.6 is 0 Å². The van der Waals surface area contributed by atoms with E-state index in [4.69, 9.17) is 4.42 Å². The van der Waals surface area contributed by atoms with Crippen LogP contribution < -0.4 is 5.43 Å². The summed E-state index contributed by atoms with van der Waals surface area (Å²) in [5.74, 6) is 3.25. The maximum absolute atomic E-state index is 11.9. The molecular formula is C16H22N2O2. The van der Waals surface area contributed by atoms with E-state index < -0.39 is 0 Å². The number of nitrogens with one attached hydrogen (secondary N) is 1. The van der Waals surface area contributed by atoms with Crippen LogP contribution in [0.3, 0.4) is 0 Å². The highest BCUT2D eigenvalue weighted by Crippen LogP contribution is 2.47. The van der Waals surface area contributed by atoms with Gasteiger partial charge in [0.25, 0.3) is 0 Å². The summed E-state index contributed by atoms with van der Waals surface area (Å²) in [5, 5.41) is 4.01. The first kappa shape index (κ1) is 13.4. The lowest BCUT2D eigenvalue weighted by Crippen LogP contribution is -2.28. The molecule has 4 nitrogen and oxygen atoms in total. The van der Waals surface area contributed by atoms with Crippen molar-refractivity contribution in [3.05, 3.63) is 23.7 Å². The topological polar surface area (TPSA) is 54.6 Å². The van der Waals surface area contributed by atoms with Gasteiger partial charge in [0, 0.05) is 11.8 Å². The SMILES string of the molecule is C[C@H]1C[C@@H]1c1ccc(/C=N\NC(=O)C2CCCCC2)o1. The lowest BCUT2D eigenvalue weighted by Gasteiger charge is -2.19. The minimum Gasteiger partial charge on any atom is -0.460 e. The van der Waals surface area contributed by atoms with E-state index in [0.717, 1.165) is 37.4 Å². The Morgan fingerprint density at radius 1 is 1.35 bits per heavy atom. The van der Waals surface area contributed by atoms with Gasteiger partial charge in [0.05, 0.1) is 6.21 Å². The fourth-order valence-corrected chi connectivity index (χ4v) is 2.97. The number of carbonyl (C=O) groups excluding carboxylic acids is 1. The van der Waals surface area contributed by atoms with Gasteiger partial charge in [-0.05, 0) is 37.3 Å². The lowest BCUT2D eigenvalue weighted by atomic mass is 9.89. The van der Waals surface area contributed by atoms with Crippen molar-refractivity contribution < 1.29 is 9.21 Å². The highest BCUT2D eigenvalue weighted by Gasteiger charge is 2.36. The minimum absolute atomic E-state index is 0.0449. The van der Waals surface area contributed by atoms with Crippen molar-refractivity contribution in [2.24, 2.45) is 16.9 Å². The second kappa shape index (κ2) is 5.81. The summed E-state index contributed by atoms with van der Waals surface area (Å²) >= 11 is 0. The van der Waals surface area contributed by atoms with Gasteiger partial charge >= 0.3 is 0 Å². The van der Waals surface area contributed by atoms with Crippen LogP contribution in [-0.4, -0.2) is 12.1 Å². The molecule has 0 spiro atoms. The highest BCUT2D eigenvalue weighted by atomic mass is 16.3. The number of rotatable bonds is 4. The summed E-state index contributed by atoms with van der Waals surface area (Å²) in [4.78, 5) is 11.9. The zero-order valence-corrected chi connectivity index (χ0v) is 12.0. The zero-order chi connectivity index (χ0) is 13.9. The molecule has 0 aromatic carbocycles. The first-order chi connectivity index (χ1) is 9.74. The third kappa shape index (κ3) is 3.11. The molecule has 0 saturated heterocycles. The molecule has 1 aromatic heterocycles. The molecule has 2 aliphatic carbocycles. The number of carbonyl (C=O) groups is 1. The van der Waals surface area contributed by atoms with Gasteiger partial charge in [-0.2, -0.15) is 5.10 Å². The summed E-state index contributed by atoms with van der Waals surface area (Å²) in [6.07, 6.45) is 8.35. The van der Waals surface area contributed by atoms with Gasteiger partial charge in [0.2, 0.25) is 5.91 Å². The Bertz CT molecular complexity index is 500. The predicted octanol–water partition coefficient (Wildman–Crippen LogP) is 3.43. The van der Waals surface area contributed by atoms with Crippen molar-refractivity contribution in [2.45, 2.75) is 51.4 Å². The van der Waals surface area contributed by atoms with Crippen LogP contribution in [0.25, 0.3) is 0 Å². The molecule has 3 rings (SSSR count). The quantitative estimate of drug-likeness (QED) is 0.675. The molecule has 0 bridgehead atoms. The third-order valence-corrected chi connectivity index (χ3v) is 4.46. The number of furan rings is 1. The normalized spacial score (nSPS) is 26.9. The highest BCUT2D eigenvalue weighted by molar-refractivity contribution is 5.81. The molecule has 2 fully saturated rings. The summed E-state index contributed by atoms with van der Waals surface area (Å²) < 4.78 is 5.70. The van der Waals surface area contributed by atoms with E-state index in [-0.39, 0.29) is 11.8 Å². The first-order valence-electron chi connectivity index (χ1n) is 7.66. The summed E-state index contributed by atoms with van der Waals surface area (Å²) in [5.41, 5.74) is 2.63. The molecule has 2 saturated carbocycles. The molecule has 2 atom stereocenters. The lowest BCUT2D eigenvalue weighted by molar-refractivity contribution is -0.125. The van der Waals surface area contributed by atoms with E-state index >= 15 is 0 Å². The third-order valence-electron chi connectivity index (χ3n) is 4.46. The van der Waals surface area contributed by atoms with Gasteiger partial charge < -0.3 is 4.42 Å². The van der Waals surface area contributed by atoms with Crippen molar-refractivity contribution in [2.75, 3.05) is 0 Å². The van der Waals surface area contributed by atoms with Crippen molar-refractivity contribution in [1.82, 2.24) is 5.43 Å². The Balaban J connectivity index is 1.49. The van der Waals surface area contributed by atoms with Crippen molar-refractivity contribution in [1.29, 1.82) is 0 Å². The van der Waals surface area contributed by atoms with E-state index in [9.17, 15) is 4.79 Å². The standard InChI is InChI=1S/C16H22N2O2/c1-11-9-14(11)15-8-7-13(20-15)10-17-18-16(19)12-5-3-2-4-6-12/h7-8,10-12,14H,2-6,9H2,1H3,(H,18,19)/b17-10-/t11-,14-/m0/s1. The molecular weight excluding hydrogens is 252 g/mol. The fraction of sp³-hybridized carbons (Fsp3) is 0.625. The van der Waals surface area contributed by atoms with E-state index in [1.807, 2.05) is 12.1 Å². The van der Waals surface area contributed by atoms with Gasteiger partial charge in [-0.1, -0.05) is 26.2 Å². The Labute approximate surface area is 119 Å². The van der Waals surface area contributed by atoms with Gasteiger partial charge in [-0.15, -0.1) is 0 Å². The molecule has 0 radical (unpaired) electrons. The molecule has 0 unspecified atom stereocenters. The maximum Gasteiger partial charge on any atom is 0.243 e.